The van der Waals surface area contributed by atoms with E-state index >= 15 is 0 Å². The van der Waals surface area contributed by atoms with Crippen molar-refractivity contribution in [2.45, 2.75) is 6.92 Å². The Morgan fingerprint density at radius 2 is 1.90 bits per heavy atom. The third-order valence-electron chi connectivity index (χ3n) is 3.43. The van der Waals surface area contributed by atoms with E-state index in [1.165, 1.54) is 19.1 Å². The molecule has 1 saturated heterocycles. The van der Waals surface area contributed by atoms with Gasteiger partial charge in [-0.1, -0.05) is 0 Å². The fourth-order valence-electron chi connectivity index (χ4n) is 2.30. The number of hydrogen-bond donors (Lipinski definition) is 1. The predicted molar refractivity (Wildman–Crippen MR) is 72.6 cm³/mol. The van der Waals surface area contributed by atoms with E-state index < -0.39 is 5.97 Å². The van der Waals surface area contributed by atoms with Crippen LogP contribution in [0.25, 0.3) is 0 Å². The van der Waals surface area contributed by atoms with Gasteiger partial charge in [0.1, 0.15) is 6.07 Å². The van der Waals surface area contributed by atoms with Crippen LogP contribution in [0.15, 0.2) is 18.2 Å². The highest BCUT2D eigenvalue weighted by molar-refractivity contribution is 5.89. The summed E-state index contributed by atoms with van der Waals surface area (Å²) in [5.74, 6) is -0.999. The van der Waals surface area contributed by atoms with E-state index in [-0.39, 0.29) is 11.5 Å². The van der Waals surface area contributed by atoms with Crippen LogP contribution in [0.3, 0.4) is 0 Å². The highest BCUT2D eigenvalue weighted by atomic mass is 16.4. The maximum absolute atomic E-state index is 11.3. The first-order valence-corrected chi connectivity index (χ1v) is 6.31. The van der Waals surface area contributed by atoms with Crippen LogP contribution in [0.1, 0.15) is 22.8 Å². The summed E-state index contributed by atoms with van der Waals surface area (Å²) in [6, 6.07) is 6.57. The molecule has 6 heteroatoms. The second-order valence-corrected chi connectivity index (χ2v) is 4.64. The molecule has 0 aliphatic carbocycles. The van der Waals surface area contributed by atoms with E-state index in [0.29, 0.717) is 31.7 Å². The van der Waals surface area contributed by atoms with Gasteiger partial charge in [0.05, 0.1) is 16.8 Å². The molecule has 1 N–H and O–H groups in total. The van der Waals surface area contributed by atoms with E-state index in [1.807, 2.05) is 11.0 Å². The van der Waals surface area contributed by atoms with Crippen LogP contribution >= 0.6 is 0 Å². The summed E-state index contributed by atoms with van der Waals surface area (Å²) in [5.41, 5.74) is 1.18. The third-order valence-corrected chi connectivity index (χ3v) is 3.43. The number of aromatic carboxylic acids is 1. The van der Waals surface area contributed by atoms with Crippen molar-refractivity contribution in [2.24, 2.45) is 0 Å². The highest BCUT2D eigenvalue weighted by Crippen LogP contribution is 2.23. The average Bonchev–Trinajstić information content (AvgIpc) is 2.46. The summed E-state index contributed by atoms with van der Waals surface area (Å²) in [6.07, 6.45) is 0. The van der Waals surface area contributed by atoms with Crippen LogP contribution in [-0.2, 0) is 4.79 Å². The Kier molecular flexibility index (Phi) is 3.89. The SMILES string of the molecule is CC(=O)N1CCN(c2ccc(C(=O)O)cc2C#N)CC1. The molecule has 20 heavy (non-hydrogen) atoms. The molecule has 1 amide bonds. The van der Waals surface area contributed by atoms with E-state index in [4.69, 9.17) is 10.4 Å². The van der Waals surface area contributed by atoms with Crippen LogP contribution in [0.2, 0.25) is 0 Å². The van der Waals surface area contributed by atoms with Gasteiger partial charge in [-0.2, -0.15) is 5.26 Å². The number of hydrogen-bond acceptors (Lipinski definition) is 4. The number of carbonyl (C=O) groups excluding carboxylic acids is 1. The molecule has 0 aromatic heterocycles. The maximum atomic E-state index is 11.3. The molecule has 0 atom stereocenters. The quantitative estimate of drug-likeness (QED) is 0.866. The number of piperazine rings is 1. The minimum absolute atomic E-state index is 0.0476. The van der Waals surface area contributed by atoms with Gasteiger partial charge in [0.2, 0.25) is 5.91 Å². The molecule has 6 nitrogen and oxygen atoms in total. The maximum Gasteiger partial charge on any atom is 0.335 e. The molecule has 1 heterocycles. The topological polar surface area (TPSA) is 84.6 Å². The van der Waals surface area contributed by atoms with E-state index in [2.05, 4.69) is 0 Å². The summed E-state index contributed by atoms with van der Waals surface area (Å²) >= 11 is 0. The molecule has 2 rings (SSSR count). The molecule has 0 unspecified atom stereocenters. The Bertz CT molecular complexity index is 584. The zero-order chi connectivity index (χ0) is 14.7. The summed E-state index contributed by atoms with van der Waals surface area (Å²) in [7, 11) is 0. The molecule has 0 spiro atoms. The molecule has 0 saturated carbocycles. The van der Waals surface area contributed by atoms with Crippen LogP contribution in [0, 0.1) is 11.3 Å². The fraction of sp³-hybridized carbons (Fsp3) is 0.357. The zero-order valence-electron chi connectivity index (χ0n) is 11.2. The van der Waals surface area contributed by atoms with Crippen molar-refractivity contribution in [3.8, 4) is 6.07 Å². The summed E-state index contributed by atoms with van der Waals surface area (Å²) < 4.78 is 0. The first-order valence-electron chi connectivity index (χ1n) is 6.31. The summed E-state index contributed by atoms with van der Waals surface area (Å²) in [4.78, 5) is 25.9. The zero-order valence-corrected chi connectivity index (χ0v) is 11.2. The van der Waals surface area contributed by atoms with Gasteiger partial charge in [0.15, 0.2) is 0 Å². The van der Waals surface area contributed by atoms with Crippen LogP contribution in [0.4, 0.5) is 5.69 Å². The number of nitriles is 1. The van der Waals surface area contributed by atoms with Crippen LogP contribution in [-0.4, -0.2) is 48.1 Å². The number of carboxylic acid groups (broad SMARTS) is 1. The number of carbonyl (C=O) groups is 2. The van der Waals surface area contributed by atoms with E-state index in [9.17, 15) is 9.59 Å². The van der Waals surface area contributed by atoms with Crippen molar-refractivity contribution in [1.82, 2.24) is 4.90 Å². The van der Waals surface area contributed by atoms with Crippen molar-refractivity contribution in [2.75, 3.05) is 31.1 Å². The van der Waals surface area contributed by atoms with E-state index in [0.717, 1.165) is 5.69 Å². The minimum Gasteiger partial charge on any atom is -0.478 e. The molecule has 1 aliphatic heterocycles. The normalized spacial score (nSPS) is 14.8. The molecule has 0 radical (unpaired) electrons. The molecule has 1 aromatic rings. The average molecular weight is 273 g/mol. The van der Waals surface area contributed by atoms with Gasteiger partial charge in [-0.05, 0) is 18.2 Å². The Labute approximate surface area is 116 Å². The second kappa shape index (κ2) is 5.61. The van der Waals surface area contributed by atoms with Crippen molar-refractivity contribution in [3.63, 3.8) is 0 Å². The molecule has 104 valence electrons. The first-order chi connectivity index (χ1) is 9.52. The third kappa shape index (κ3) is 2.72. The molecule has 1 aromatic carbocycles. The minimum atomic E-state index is -1.05. The number of rotatable bonds is 2. The first kappa shape index (κ1) is 13.9. The standard InChI is InChI=1S/C14H15N3O3/c1-10(18)16-4-6-17(7-5-16)13-3-2-11(14(19)20)8-12(13)9-15/h2-3,8H,4-7H2,1H3,(H,19,20). The number of carboxylic acids is 1. The fourth-order valence-corrected chi connectivity index (χ4v) is 2.30. The molecule has 1 fully saturated rings. The lowest BCUT2D eigenvalue weighted by atomic mass is 10.1. The monoisotopic (exact) mass is 273 g/mol. The van der Waals surface area contributed by atoms with Gasteiger partial charge in [-0.15, -0.1) is 0 Å². The Hall–Kier alpha value is -2.55. The van der Waals surface area contributed by atoms with Crippen molar-refractivity contribution in [3.05, 3.63) is 29.3 Å². The Morgan fingerprint density at radius 1 is 1.25 bits per heavy atom. The van der Waals surface area contributed by atoms with E-state index in [1.54, 1.807) is 11.0 Å². The Morgan fingerprint density at radius 3 is 2.40 bits per heavy atom. The van der Waals surface area contributed by atoms with Crippen LogP contribution in [0.5, 0.6) is 0 Å². The number of nitrogens with zero attached hydrogens (tertiary/aromatic N) is 3. The van der Waals surface area contributed by atoms with Crippen molar-refractivity contribution < 1.29 is 14.7 Å². The number of amides is 1. The highest BCUT2D eigenvalue weighted by Gasteiger charge is 2.21. The Balaban J connectivity index is 2.20. The summed E-state index contributed by atoms with van der Waals surface area (Å²) in [5, 5.41) is 18.1. The molecular weight excluding hydrogens is 258 g/mol. The predicted octanol–water partition coefficient (Wildman–Crippen LogP) is 0.925. The molecule has 0 bridgehead atoms. The second-order valence-electron chi connectivity index (χ2n) is 4.64. The molecule has 1 aliphatic rings. The summed E-state index contributed by atoms with van der Waals surface area (Å²) in [6.45, 7) is 4.04. The smallest absolute Gasteiger partial charge is 0.335 e. The van der Waals surface area contributed by atoms with Gasteiger partial charge in [0, 0.05) is 33.1 Å². The van der Waals surface area contributed by atoms with Gasteiger partial charge in [0.25, 0.3) is 0 Å². The van der Waals surface area contributed by atoms with Gasteiger partial charge >= 0.3 is 5.97 Å². The lowest BCUT2D eigenvalue weighted by molar-refractivity contribution is -0.129. The lowest BCUT2D eigenvalue weighted by Gasteiger charge is -2.36. The lowest BCUT2D eigenvalue weighted by Crippen LogP contribution is -2.48. The van der Waals surface area contributed by atoms with Gasteiger partial charge in [-0.3, -0.25) is 4.79 Å². The van der Waals surface area contributed by atoms with Crippen LogP contribution < -0.4 is 4.90 Å². The van der Waals surface area contributed by atoms with Gasteiger partial charge in [-0.25, -0.2) is 4.79 Å². The van der Waals surface area contributed by atoms with Crippen molar-refractivity contribution in [1.29, 1.82) is 5.26 Å². The molecular formula is C14H15N3O3. The largest absolute Gasteiger partial charge is 0.478 e. The van der Waals surface area contributed by atoms with Crippen molar-refractivity contribution >= 4 is 17.6 Å². The van der Waals surface area contributed by atoms with Gasteiger partial charge < -0.3 is 14.9 Å². The number of anilines is 1. The number of benzene rings is 1.